The minimum absolute atomic E-state index is 0.111. The summed E-state index contributed by atoms with van der Waals surface area (Å²) in [5.41, 5.74) is 3.17. The number of hydrogen-bond acceptors (Lipinski definition) is 4. The number of urea groups is 1. The van der Waals surface area contributed by atoms with Crippen molar-refractivity contribution in [3.8, 4) is 5.75 Å². The first-order valence-corrected chi connectivity index (χ1v) is 10.2. The Morgan fingerprint density at radius 3 is 2.60 bits per heavy atom. The number of benzene rings is 2. The fraction of sp³-hybridized carbons (Fsp3) is 0.316. The summed E-state index contributed by atoms with van der Waals surface area (Å²) in [5.74, 6) is 3.20. The maximum Gasteiger partial charge on any atom is 0.321 e. The molecule has 1 heterocycles. The van der Waals surface area contributed by atoms with E-state index in [1.54, 1.807) is 19.1 Å². The Labute approximate surface area is 157 Å². The number of nitrogens with zero attached hydrogens (tertiary/aromatic N) is 1. The van der Waals surface area contributed by atoms with Crippen molar-refractivity contribution in [2.75, 3.05) is 31.0 Å². The van der Waals surface area contributed by atoms with Crippen molar-refractivity contribution >= 4 is 35.2 Å². The SMILES string of the molecule is COc1ccc(CN(C)C(=O)Nc2cccc(C3SCCS3)c2)cc1. The fourth-order valence-corrected chi connectivity index (χ4v) is 5.45. The second kappa shape index (κ2) is 8.54. The number of ether oxygens (including phenoxy) is 1. The number of amides is 2. The Morgan fingerprint density at radius 2 is 1.92 bits per heavy atom. The molecule has 1 saturated heterocycles. The van der Waals surface area contributed by atoms with Gasteiger partial charge in [-0.15, -0.1) is 23.5 Å². The van der Waals surface area contributed by atoms with Crippen LogP contribution in [0, 0.1) is 0 Å². The molecule has 1 aliphatic heterocycles. The van der Waals surface area contributed by atoms with Gasteiger partial charge in [0.05, 0.1) is 11.7 Å². The molecular weight excluding hydrogens is 352 g/mol. The van der Waals surface area contributed by atoms with Crippen LogP contribution in [0.5, 0.6) is 5.75 Å². The molecule has 0 spiro atoms. The van der Waals surface area contributed by atoms with E-state index in [-0.39, 0.29) is 6.03 Å². The van der Waals surface area contributed by atoms with E-state index in [0.29, 0.717) is 11.1 Å². The molecule has 1 N–H and O–H groups in total. The summed E-state index contributed by atoms with van der Waals surface area (Å²) < 4.78 is 5.64. The van der Waals surface area contributed by atoms with E-state index in [1.807, 2.05) is 59.9 Å². The zero-order valence-corrected chi connectivity index (χ0v) is 16.0. The average molecular weight is 375 g/mol. The summed E-state index contributed by atoms with van der Waals surface area (Å²) in [4.78, 5) is 14.1. The van der Waals surface area contributed by atoms with Gasteiger partial charge in [-0.05, 0) is 35.4 Å². The topological polar surface area (TPSA) is 41.6 Å². The minimum atomic E-state index is -0.111. The normalized spacial score (nSPS) is 14.3. The van der Waals surface area contributed by atoms with Gasteiger partial charge in [-0.25, -0.2) is 4.79 Å². The molecule has 2 aromatic carbocycles. The maximum absolute atomic E-state index is 12.5. The molecule has 132 valence electrons. The first-order valence-electron chi connectivity index (χ1n) is 8.14. The van der Waals surface area contributed by atoms with Gasteiger partial charge in [0, 0.05) is 30.8 Å². The van der Waals surface area contributed by atoms with Crippen LogP contribution in [0.15, 0.2) is 48.5 Å². The number of methoxy groups -OCH3 is 1. The number of nitrogens with one attached hydrogen (secondary N) is 1. The molecule has 6 heteroatoms. The van der Waals surface area contributed by atoms with E-state index in [9.17, 15) is 4.79 Å². The molecule has 2 amide bonds. The van der Waals surface area contributed by atoms with E-state index in [4.69, 9.17) is 4.74 Å². The lowest BCUT2D eigenvalue weighted by atomic mass is 10.2. The van der Waals surface area contributed by atoms with Crippen LogP contribution in [0.25, 0.3) is 0 Å². The van der Waals surface area contributed by atoms with Crippen molar-refractivity contribution in [1.29, 1.82) is 0 Å². The van der Waals surface area contributed by atoms with Crippen molar-refractivity contribution in [3.63, 3.8) is 0 Å². The van der Waals surface area contributed by atoms with E-state index < -0.39 is 0 Å². The number of carbonyl (C=O) groups excluding carboxylic acids is 1. The van der Waals surface area contributed by atoms with Gasteiger partial charge >= 0.3 is 6.03 Å². The standard InChI is InChI=1S/C19H22N2O2S2/c1-21(13-14-6-8-17(23-2)9-7-14)19(22)20-16-5-3-4-15(12-16)18-24-10-11-25-18/h3-9,12,18H,10-11,13H2,1-2H3,(H,20,22). The molecule has 2 aromatic rings. The molecule has 0 unspecified atom stereocenters. The minimum Gasteiger partial charge on any atom is -0.497 e. The van der Waals surface area contributed by atoms with Crippen LogP contribution in [-0.4, -0.2) is 36.6 Å². The lowest BCUT2D eigenvalue weighted by Crippen LogP contribution is -2.30. The van der Waals surface area contributed by atoms with Crippen LogP contribution in [0.2, 0.25) is 0 Å². The Balaban J connectivity index is 1.59. The van der Waals surface area contributed by atoms with Crippen molar-refractivity contribution in [2.24, 2.45) is 0 Å². The largest absolute Gasteiger partial charge is 0.497 e. The molecule has 0 aliphatic carbocycles. The second-order valence-corrected chi connectivity index (χ2v) is 8.56. The lowest BCUT2D eigenvalue weighted by Gasteiger charge is -2.19. The summed E-state index contributed by atoms with van der Waals surface area (Å²) in [6.07, 6.45) is 0. The van der Waals surface area contributed by atoms with E-state index in [1.165, 1.54) is 17.1 Å². The summed E-state index contributed by atoms with van der Waals surface area (Å²) in [7, 11) is 3.44. The van der Waals surface area contributed by atoms with Crippen LogP contribution in [0.4, 0.5) is 10.5 Å². The molecule has 4 nitrogen and oxygen atoms in total. The van der Waals surface area contributed by atoms with Crippen LogP contribution in [-0.2, 0) is 6.54 Å². The number of anilines is 1. The van der Waals surface area contributed by atoms with Gasteiger partial charge in [-0.2, -0.15) is 0 Å². The van der Waals surface area contributed by atoms with E-state index in [2.05, 4.69) is 17.4 Å². The molecule has 3 rings (SSSR count). The number of hydrogen-bond donors (Lipinski definition) is 1. The third-order valence-electron chi connectivity index (χ3n) is 3.96. The van der Waals surface area contributed by atoms with Crippen LogP contribution >= 0.6 is 23.5 Å². The van der Waals surface area contributed by atoms with Gasteiger partial charge in [0.1, 0.15) is 5.75 Å². The number of thioether (sulfide) groups is 2. The zero-order chi connectivity index (χ0) is 17.6. The first kappa shape index (κ1) is 18.0. The first-order chi connectivity index (χ1) is 12.2. The highest BCUT2D eigenvalue weighted by Gasteiger charge is 2.18. The molecule has 0 radical (unpaired) electrons. The number of rotatable bonds is 5. The van der Waals surface area contributed by atoms with Gasteiger partial charge < -0.3 is 15.0 Å². The molecule has 0 aromatic heterocycles. The van der Waals surface area contributed by atoms with Crippen LogP contribution in [0.1, 0.15) is 15.7 Å². The summed E-state index contributed by atoms with van der Waals surface area (Å²) in [6, 6.07) is 15.8. The van der Waals surface area contributed by atoms with Gasteiger partial charge in [0.25, 0.3) is 0 Å². The molecule has 0 bridgehead atoms. The third kappa shape index (κ3) is 4.86. The van der Waals surface area contributed by atoms with Crippen molar-refractivity contribution in [2.45, 2.75) is 11.1 Å². The van der Waals surface area contributed by atoms with Crippen LogP contribution in [0.3, 0.4) is 0 Å². The van der Waals surface area contributed by atoms with Gasteiger partial charge in [-0.1, -0.05) is 24.3 Å². The predicted molar refractivity (Wildman–Crippen MR) is 108 cm³/mol. The maximum atomic E-state index is 12.5. The second-order valence-electron chi connectivity index (χ2n) is 5.83. The predicted octanol–water partition coefficient (Wildman–Crippen LogP) is 4.84. The molecule has 0 saturated carbocycles. The summed E-state index contributed by atoms with van der Waals surface area (Å²) in [6.45, 7) is 0.545. The Bertz CT molecular complexity index is 716. The smallest absolute Gasteiger partial charge is 0.321 e. The van der Waals surface area contributed by atoms with Gasteiger partial charge in [0.15, 0.2) is 0 Å². The quantitative estimate of drug-likeness (QED) is 0.813. The van der Waals surface area contributed by atoms with Crippen molar-refractivity contribution in [3.05, 3.63) is 59.7 Å². The highest BCUT2D eigenvalue weighted by Crippen LogP contribution is 2.45. The van der Waals surface area contributed by atoms with Gasteiger partial charge in [-0.3, -0.25) is 0 Å². The van der Waals surface area contributed by atoms with E-state index >= 15 is 0 Å². The molecule has 0 atom stereocenters. The molecule has 25 heavy (non-hydrogen) atoms. The Kier molecular flexibility index (Phi) is 6.15. The van der Waals surface area contributed by atoms with E-state index in [0.717, 1.165) is 17.0 Å². The highest BCUT2D eigenvalue weighted by molar-refractivity contribution is 8.19. The molecular formula is C19H22N2O2S2. The molecule has 1 aliphatic rings. The summed E-state index contributed by atoms with van der Waals surface area (Å²) in [5, 5.41) is 2.99. The highest BCUT2D eigenvalue weighted by atomic mass is 32.2. The number of carbonyl (C=O) groups is 1. The molecule has 1 fully saturated rings. The zero-order valence-electron chi connectivity index (χ0n) is 14.4. The van der Waals surface area contributed by atoms with Crippen molar-refractivity contribution in [1.82, 2.24) is 4.90 Å². The fourth-order valence-electron chi connectivity index (χ4n) is 2.61. The van der Waals surface area contributed by atoms with Gasteiger partial charge in [0.2, 0.25) is 0 Å². The van der Waals surface area contributed by atoms with Crippen molar-refractivity contribution < 1.29 is 9.53 Å². The van der Waals surface area contributed by atoms with Crippen LogP contribution < -0.4 is 10.1 Å². The third-order valence-corrected chi connectivity index (χ3v) is 7.06. The summed E-state index contributed by atoms with van der Waals surface area (Å²) >= 11 is 3.93. The Hall–Kier alpha value is -1.79. The Morgan fingerprint density at radius 1 is 1.20 bits per heavy atom. The monoisotopic (exact) mass is 374 g/mol. The lowest BCUT2D eigenvalue weighted by molar-refractivity contribution is 0.220. The average Bonchev–Trinajstić information content (AvgIpc) is 3.17.